The van der Waals surface area contributed by atoms with E-state index >= 15 is 0 Å². The monoisotopic (exact) mass is 88.0 g/mol. The van der Waals surface area contributed by atoms with Gasteiger partial charge in [0.1, 0.15) is 0 Å². The second kappa shape index (κ2) is 2.32. The second-order valence-electron chi connectivity index (χ2n) is 0.642. The predicted octanol–water partition coefficient (Wildman–Crippen LogP) is 0.269. The van der Waals surface area contributed by atoms with E-state index in [4.69, 9.17) is 4.91 Å². The van der Waals surface area contributed by atoms with E-state index in [9.17, 15) is 5.21 Å². The molecule has 0 fully saturated rings. The van der Waals surface area contributed by atoms with Crippen LogP contribution in [0.4, 0.5) is 0 Å². The van der Waals surface area contributed by atoms with E-state index in [1.54, 1.807) is 0 Å². The van der Waals surface area contributed by atoms with Crippen LogP contribution in [0.3, 0.4) is 0 Å². The molecule has 4 nitrogen and oxygen atoms in total. The van der Waals surface area contributed by atoms with Gasteiger partial charge in [-0.3, -0.25) is 0 Å². The molecule has 0 atom stereocenters. The van der Waals surface area contributed by atoms with Crippen LogP contribution >= 0.6 is 0 Å². The Morgan fingerprint density at radius 2 is 2.50 bits per heavy atom. The van der Waals surface area contributed by atoms with Gasteiger partial charge in [0.25, 0.3) is 5.29 Å². The quantitative estimate of drug-likeness (QED) is 0.152. The Kier molecular flexibility index (Phi) is 1.96. The minimum absolute atomic E-state index is 0.0556. The summed E-state index contributed by atoms with van der Waals surface area (Å²) in [6.45, 7) is 1.42. The van der Waals surface area contributed by atoms with Crippen molar-refractivity contribution in [3.05, 3.63) is 10.1 Å². The van der Waals surface area contributed by atoms with Gasteiger partial charge in [0.2, 0.25) is 0 Å². The summed E-state index contributed by atoms with van der Waals surface area (Å²) in [7, 11) is 0. The fraction of sp³-hybridized carbons (Fsp3) is 0.500. The van der Waals surface area contributed by atoms with Crippen molar-refractivity contribution >= 4 is 6.21 Å². The smallest absolute Gasteiger partial charge is 0.252 e. The van der Waals surface area contributed by atoms with E-state index in [2.05, 4.69) is 0 Å². The fourth-order valence-corrected chi connectivity index (χ4v) is 0.0471. The van der Waals surface area contributed by atoms with Gasteiger partial charge >= 0.3 is 0 Å². The van der Waals surface area contributed by atoms with Gasteiger partial charge in [-0.05, 0) is 4.85 Å². The summed E-state index contributed by atoms with van der Waals surface area (Å²) >= 11 is 0. The van der Waals surface area contributed by atoms with E-state index in [1.165, 1.54) is 6.92 Å². The van der Waals surface area contributed by atoms with Crippen molar-refractivity contribution in [1.29, 1.82) is 0 Å². The maximum atomic E-state index is 9.56. The van der Waals surface area contributed by atoms with Crippen LogP contribution in [0, 0.1) is 10.1 Å². The molecular weight excluding hydrogens is 84.0 g/mol. The maximum Gasteiger partial charge on any atom is 0.252 e. The predicted molar refractivity (Wildman–Crippen MR) is 21.2 cm³/mol. The molecule has 6 heavy (non-hydrogen) atoms. The largest absolute Gasteiger partial charge is 0.592 e. The summed E-state index contributed by atoms with van der Waals surface area (Å²) in [6, 6.07) is 0. The van der Waals surface area contributed by atoms with Crippen LogP contribution in [0.1, 0.15) is 6.92 Å². The standard InChI is InChI=1S/C2H4N2O2/c1-2-4(6)3-5/h2H,1H3/b4-2-. The molecule has 0 bridgehead atoms. The summed E-state index contributed by atoms with van der Waals surface area (Å²) in [5.41, 5.74) is 0. The molecule has 0 radical (unpaired) electrons. The van der Waals surface area contributed by atoms with E-state index < -0.39 is 0 Å². The number of hydrogen-bond acceptors (Lipinski definition) is 3. The molecule has 0 saturated carbocycles. The normalized spacial score (nSPS) is 11.2. The zero-order chi connectivity index (χ0) is 4.99. The molecule has 0 saturated heterocycles. The van der Waals surface area contributed by atoms with Crippen LogP contribution in [0.25, 0.3) is 0 Å². The molecule has 0 aromatic rings. The number of nitroso groups, excluding NO2 is 1. The minimum atomic E-state index is -0.0556. The minimum Gasteiger partial charge on any atom is -0.592 e. The molecule has 0 amide bonds. The molecule has 0 unspecified atom stereocenters. The first-order valence-electron chi connectivity index (χ1n) is 1.40. The van der Waals surface area contributed by atoms with Crippen molar-refractivity contribution in [2.45, 2.75) is 6.92 Å². The number of nitrogens with zero attached hydrogens (tertiary/aromatic N) is 2. The summed E-state index contributed by atoms with van der Waals surface area (Å²) in [4.78, 5) is 9.01. The van der Waals surface area contributed by atoms with E-state index in [-0.39, 0.29) is 4.85 Å². The maximum absolute atomic E-state index is 9.56. The van der Waals surface area contributed by atoms with E-state index in [0.717, 1.165) is 6.21 Å². The summed E-state index contributed by atoms with van der Waals surface area (Å²) in [5.74, 6) is 0. The lowest BCUT2D eigenvalue weighted by atomic mass is 10.9. The Hall–Kier alpha value is -0.930. The Bertz CT molecular complexity index is 77.6. The van der Waals surface area contributed by atoms with Crippen LogP contribution in [-0.4, -0.2) is 11.1 Å². The lowest BCUT2D eigenvalue weighted by molar-refractivity contribution is -0.460. The van der Waals surface area contributed by atoms with Crippen molar-refractivity contribution in [1.82, 2.24) is 0 Å². The average molecular weight is 88.1 g/mol. The lowest BCUT2D eigenvalue weighted by Gasteiger charge is -1.79. The molecule has 4 heteroatoms. The molecular formula is C2H4N2O2. The zero-order valence-electron chi connectivity index (χ0n) is 3.29. The molecule has 0 N–H and O–H groups in total. The Morgan fingerprint density at radius 3 is 2.50 bits per heavy atom. The lowest BCUT2D eigenvalue weighted by Crippen LogP contribution is -1.87. The highest BCUT2D eigenvalue weighted by molar-refractivity contribution is 5.46. The van der Waals surface area contributed by atoms with E-state index in [1.807, 2.05) is 5.29 Å². The van der Waals surface area contributed by atoms with Crippen molar-refractivity contribution < 1.29 is 4.85 Å². The van der Waals surface area contributed by atoms with Gasteiger partial charge in [-0.1, -0.05) is 4.91 Å². The van der Waals surface area contributed by atoms with Crippen LogP contribution in [0.15, 0.2) is 5.29 Å². The number of rotatable bonds is 1. The van der Waals surface area contributed by atoms with Crippen molar-refractivity contribution in [2.24, 2.45) is 5.29 Å². The second-order valence-corrected chi connectivity index (χ2v) is 0.642. The van der Waals surface area contributed by atoms with E-state index in [0.29, 0.717) is 0 Å². The highest BCUT2D eigenvalue weighted by Gasteiger charge is 1.74. The van der Waals surface area contributed by atoms with Gasteiger partial charge in [0.15, 0.2) is 6.21 Å². The van der Waals surface area contributed by atoms with Crippen LogP contribution in [0.5, 0.6) is 0 Å². The highest BCUT2D eigenvalue weighted by Crippen LogP contribution is 1.61. The topological polar surface area (TPSA) is 55.5 Å². The summed E-state index contributed by atoms with van der Waals surface area (Å²) < 4.78 is 0. The molecule has 0 aliphatic carbocycles. The van der Waals surface area contributed by atoms with Crippen molar-refractivity contribution in [3.63, 3.8) is 0 Å². The molecule has 0 aromatic carbocycles. The SMILES string of the molecule is C/C=[N+](\[O-])N=O. The Labute approximate surface area is 34.6 Å². The van der Waals surface area contributed by atoms with Crippen molar-refractivity contribution in [3.8, 4) is 0 Å². The van der Waals surface area contributed by atoms with Gasteiger partial charge in [0, 0.05) is 6.92 Å². The van der Waals surface area contributed by atoms with Gasteiger partial charge in [-0.15, -0.1) is 0 Å². The summed E-state index contributed by atoms with van der Waals surface area (Å²) in [6.07, 6.45) is 1.02. The Morgan fingerprint density at radius 1 is 2.00 bits per heavy atom. The van der Waals surface area contributed by atoms with Crippen molar-refractivity contribution in [2.75, 3.05) is 0 Å². The number of hydrogen-bond donors (Lipinski definition) is 0. The summed E-state index contributed by atoms with van der Waals surface area (Å²) in [5, 5.41) is 11.5. The first-order chi connectivity index (χ1) is 2.81. The van der Waals surface area contributed by atoms with Gasteiger partial charge in [-0.2, -0.15) is 0 Å². The molecule has 0 rings (SSSR count). The van der Waals surface area contributed by atoms with Gasteiger partial charge in [-0.25, -0.2) is 0 Å². The average Bonchev–Trinajstić information content (AvgIpc) is 1.65. The third-order valence-electron chi connectivity index (χ3n) is 0.301. The molecule has 0 aliphatic heterocycles. The molecule has 0 aliphatic rings. The van der Waals surface area contributed by atoms with Crippen LogP contribution in [0.2, 0.25) is 0 Å². The molecule has 0 aromatic heterocycles. The highest BCUT2D eigenvalue weighted by atomic mass is 16.6. The molecule has 34 valence electrons. The zero-order valence-corrected chi connectivity index (χ0v) is 3.29. The van der Waals surface area contributed by atoms with Crippen LogP contribution < -0.4 is 0 Å². The van der Waals surface area contributed by atoms with Gasteiger partial charge < -0.3 is 5.21 Å². The first kappa shape index (κ1) is 5.07. The molecule has 0 heterocycles. The fourth-order valence-electron chi connectivity index (χ4n) is 0.0471. The first-order valence-corrected chi connectivity index (χ1v) is 1.40. The molecule has 0 spiro atoms. The third kappa shape index (κ3) is 1.40. The van der Waals surface area contributed by atoms with Gasteiger partial charge in [0.05, 0.1) is 0 Å². The van der Waals surface area contributed by atoms with Crippen LogP contribution in [-0.2, 0) is 0 Å². The third-order valence-corrected chi connectivity index (χ3v) is 0.301. The Balaban J connectivity index is 3.50.